The average molecular weight is 572 g/mol. The molecule has 0 bridgehead atoms. The maximum absolute atomic E-state index is 4.80. The Kier molecular flexibility index (Phi) is 5.85. The lowest BCUT2D eigenvalue weighted by atomic mass is 10.0. The summed E-state index contributed by atoms with van der Waals surface area (Å²) in [4.78, 5) is 14.1. The van der Waals surface area contributed by atoms with Gasteiger partial charge < -0.3 is 9.80 Å². The molecule has 6 nitrogen and oxygen atoms in total. The van der Waals surface area contributed by atoms with Gasteiger partial charge in [-0.1, -0.05) is 59.5 Å². The van der Waals surface area contributed by atoms with Crippen LogP contribution in [0, 0.1) is 0 Å². The highest BCUT2D eigenvalue weighted by Crippen LogP contribution is 2.31. The summed E-state index contributed by atoms with van der Waals surface area (Å²) >= 11 is 2.39. The van der Waals surface area contributed by atoms with E-state index < -0.39 is 0 Å². The average Bonchev–Trinajstić information content (AvgIpc) is 3.35. The molecule has 0 radical (unpaired) electrons. The fourth-order valence-corrected chi connectivity index (χ4v) is 5.26. The Bertz CT molecular complexity index is 1510. The highest BCUT2D eigenvalue weighted by Gasteiger charge is 2.18. The lowest BCUT2D eigenvalue weighted by Gasteiger charge is -2.38. The highest BCUT2D eigenvalue weighted by molar-refractivity contribution is 14.1. The van der Waals surface area contributed by atoms with Crippen LogP contribution in [-0.4, -0.2) is 55.1 Å². The van der Waals surface area contributed by atoms with Crippen LogP contribution in [0.2, 0.25) is 0 Å². The van der Waals surface area contributed by atoms with Crippen molar-refractivity contribution in [3.05, 3.63) is 91.7 Å². The number of benzene rings is 2. The first-order valence-electron chi connectivity index (χ1n) is 11.7. The number of rotatable bonds is 5. The third kappa shape index (κ3) is 4.14. The number of para-hydroxylation sites is 1. The van der Waals surface area contributed by atoms with Crippen LogP contribution in [0.4, 0.5) is 5.69 Å². The molecule has 4 heterocycles. The third-order valence-electron chi connectivity index (χ3n) is 6.74. The number of nitrogens with zero attached hydrogens (tertiary/aromatic N) is 6. The van der Waals surface area contributed by atoms with E-state index in [1.54, 1.807) is 0 Å². The molecule has 0 aliphatic carbocycles. The highest BCUT2D eigenvalue weighted by atomic mass is 127. The van der Waals surface area contributed by atoms with Crippen LogP contribution in [0.1, 0.15) is 0 Å². The molecule has 5 aromatic rings. The Morgan fingerprint density at radius 1 is 0.857 bits per heavy atom. The SMILES string of the molecule is C=C(CI)N1CCN(c2ccc(-c3cnc4c(-c5ccnc6ccccc56)cnn4c3)cc2)CC1. The van der Waals surface area contributed by atoms with Crippen molar-refractivity contribution in [1.29, 1.82) is 0 Å². The fraction of sp³-hybridized carbons (Fsp3) is 0.179. The number of allylic oxidation sites excluding steroid dienone is 1. The van der Waals surface area contributed by atoms with Crippen molar-refractivity contribution < 1.29 is 0 Å². The minimum Gasteiger partial charge on any atom is -0.371 e. The second-order valence-corrected chi connectivity index (χ2v) is 9.53. The quantitative estimate of drug-likeness (QED) is 0.200. The van der Waals surface area contributed by atoms with Crippen LogP contribution >= 0.6 is 22.6 Å². The lowest BCUT2D eigenvalue weighted by Crippen LogP contribution is -2.45. The number of aromatic nitrogens is 4. The number of pyridine rings is 1. The van der Waals surface area contributed by atoms with Gasteiger partial charge in [-0.15, -0.1) is 0 Å². The predicted molar refractivity (Wildman–Crippen MR) is 151 cm³/mol. The fourth-order valence-electron chi connectivity index (χ4n) is 4.77. The molecule has 1 aliphatic heterocycles. The van der Waals surface area contributed by atoms with E-state index >= 15 is 0 Å². The molecule has 1 saturated heterocycles. The molecule has 7 heteroatoms. The lowest BCUT2D eigenvalue weighted by molar-refractivity contribution is 0.326. The predicted octanol–water partition coefficient (Wildman–Crippen LogP) is 5.68. The number of piperazine rings is 1. The minimum atomic E-state index is 0.840. The third-order valence-corrected chi connectivity index (χ3v) is 7.62. The maximum Gasteiger partial charge on any atom is 0.162 e. The topological polar surface area (TPSA) is 49.6 Å². The molecule has 174 valence electrons. The largest absolute Gasteiger partial charge is 0.371 e. The second kappa shape index (κ2) is 9.30. The van der Waals surface area contributed by atoms with Gasteiger partial charge in [0.15, 0.2) is 5.65 Å². The molecule has 0 atom stereocenters. The van der Waals surface area contributed by atoms with Gasteiger partial charge in [0, 0.05) is 77.1 Å². The zero-order valence-electron chi connectivity index (χ0n) is 19.3. The second-order valence-electron chi connectivity index (χ2n) is 8.77. The molecule has 6 rings (SSSR count). The Morgan fingerprint density at radius 3 is 2.46 bits per heavy atom. The molecule has 0 N–H and O–H groups in total. The van der Waals surface area contributed by atoms with Crippen LogP contribution in [0.3, 0.4) is 0 Å². The van der Waals surface area contributed by atoms with E-state index in [0.29, 0.717) is 0 Å². The van der Waals surface area contributed by atoms with E-state index in [9.17, 15) is 0 Å². The summed E-state index contributed by atoms with van der Waals surface area (Å²) in [5.74, 6) is 0. The van der Waals surface area contributed by atoms with E-state index in [1.165, 1.54) is 11.4 Å². The zero-order valence-corrected chi connectivity index (χ0v) is 21.5. The van der Waals surface area contributed by atoms with E-state index in [0.717, 1.165) is 69.4 Å². The van der Waals surface area contributed by atoms with Gasteiger partial charge in [0.1, 0.15) is 0 Å². The summed E-state index contributed by atoms with van der Waals surface area (Å²) in [5.41, 5.74) is 8.57. The molecule has 0 amide bonds. The van der Waals surface area contributed by atoms with Crippen molar-refractivity contribution in [3.8, 4) is 22.3 Å². The molecular weight excluding hydrogens is 547 g/mol. The molecule has 1 fully saturated rings. The smallest absolute Gasteiger partial charge is 0.162 e. The van der Waals surface area contributed by atoms with Gasteiger partial charge in [0.25, 0.3) is 0 Å². The standard InChI is InChI=1S/C28H25IN6/c1-20(16-29)33-12-14-34(15-13-33)23-8-6-21(7-9-23)22-17-31-28-26(18-32-35(28)19-22)24-10-11-30-27-5-3-2-4-25(24)27/h2-11,17-19H,1,12-16H2. The van der Waals surface area contributed by atoms with E-state index in [2.05, 4.69) is 85.6 Å². The van der Waals surface area contributed by atoms with Crippen molar-refractivity contribution in [2.75, 3.05) is 35.5 Å². The minimum absolute atomic E-state index is 0.840. The Hall–Kier alpha value is -3.46. The summed E-state index contributed by atoms with van der Waals surface area (Å²) < 4.78 is 2.86. The molecule has 3 aromatic heterocycles. The van der Waals surface area contributed by atoms with Crippen LogP contribution in [0.15, 0.2) is 91.7 Å². The molecular formula is C28H25IN6. The first kappa shape index (κ1) is 22.0. The van der Waals surface area contributed by atoms with E-state index in [-0.39, 0.29) is 0 Å². The number of hydrogen-bond acceptors (Lipinski definition) is 5. The van der Waals surface area contributed by atoms with Crippen LogP contribution < -0.4 is 4.90 Å². The summed E-state index contributed by atoms with van der Waals surface area (Å²) in [6.45, 7) is 8.26. The first-order chi connectivity index (χ1) is 17.2. The number of halogens is 1. The van der Waals surface area contributed by atoms with Crippen molar-refractivity contribution in [2.45, 2.75) is 0 Å². The Morgan fingerprint density at radius 2 is 1.66 bits per heavy atom. The van der Waals surface area contributed by atoms with Gasteiger partial charge >= 0.3 is 0 Å². The summed E-state index contributed by atoms with van der Waals surface area (Å²) in [7, 11) is 0. The van der Waals surface area contributed by atoms with E-state index in [1.807, 2.05) is 47.4 Å². The van der Waals surface area contributed by atoms with Crippen LogP contribution in [-0.2, 0) is 0 Å². The van der Waals surface area contributed by atoms with Gasteiger partial charge in [-0.2, -0.15) is 5.10 Å². The molecule has 0 saturated carbocycles. The number of anilines is 1. The monoisotopic (exact) mass is 572 g/mol. The zero-order chi connectivity index (χ0) is 23.8. The van der Waals surface area contributed by atoms with Crippen LogP contribution in [0.25, 0.3) is 38.8 Å². The van der Waals surface area contributed by atoms with Crippen molar-refractivity contribution >= 4 is 44.8 Å². The molecule has 35 heavy (non-hydrogen) atoms. The first-order valence-corrected chi connectivity index (χ1v) is 13.3. The van der Waals surface area contributed by atoms with Gasteiger partial charge in [-0.05, 0) is 35.4 Å². The van der Waals surface area contributed by atoms with Crippen molar-refractivity contribution in [2.24, 2.45) is 0 Å². The molecule has 0 unspecified atom stereocenters. The molecule has 1 aliphatic rings. The Balaban J connectivity index is 1.25. The number of fused-ring (bicyclic) bond motifs is 2. The van der Waals surface area contributed by atoms with E-state index in [4.69, 9.17) is 4.98 Å². The van der Waals surface area contributed by atoms with Crippen molar-refractivity contribution in [3.63, 3.8) is 0 Å². The Labute approximate surface area is 218 Å². The number of hydrogen-bond donors (Lipinski definition) is 0. The summed E-state index contributed by atoms with van der Waals surface area (Å²) in [5, 5.41) is 5.72. The summed E-state index contributed by atoms with van der Waals surface area (Å²) in [6.07, 6.45) is 7.73. The summed E-state index contributed by atoms with van der Waals surface area (Å²) in [6, 6.07) is 19.0. The van der Waals surface area contributed by atoms with Gasteiger partial charge in [-0.3, -0.25) is 4.98 Å². The van der Waals surface area contributed by atoms with Gasteiger partial charge in [-0.25, -0.2) is 9.50 Å². The van der Waals surface area contributed by atoms with Crippen LogP contribution in [0.5, 0.6) is 0 Å². The molecule has 2 aromatic carbocycles. The van der Waals surface area contributed by atoms with Gasteiger partial charge in [0.05, 0.1) is 11.7 Å². The van der Waals surface area contributed by atoms with Crippen molar-refractivity contribution in [1.82, 2.24) is 24.5 Å². The number of alkyl halides is 1. The maximum atomic E-state index is 4.80. The normalized spacial score (nSPS) is 14.1. The van der Waals surface area contributed by atoms with Gasteiger partial charge in [0.2, 0.25) is 0 Å². The molecule has 0 spiro atoms.